The average molecular weight is 257 g/mol. The van der Waals surface area contributed by atoms with Crippen molar-refractivity contribution >= 4 is 10.0 Å². The third-order valence-electron chi connectivity index (χ3n) is 2.05. The maximum Gasteiger partial charge on any atom is 0.209 e. The second-order valence-electron chi connectivity index (χ2n) is 4.44. The van der Waals surface area contributed by atoms with Gasteiger partial charge in [0.25, 0.3) is 0 Å². The zero-order valence-electron chi connectivity index (χ0n) is 10.4. The molecule has 0 unspecified atom stereocenters. The van der Waals surface area contributed by atoms with Gasteiger partial charge in [0.05, 0.1) is 12.9 Å². The Kier molecular flexibility index (Phi) is 4.96. The number of nitrogens with one attached hydrogen (secondary N) is 1. The first-order chi connectivity index (χ1) is 7.87. The van der Waals surface area contributed by atoms with Gasteiger partial charge in [-0.1, -0.05) is 26.0 Å². The zero-order chi connectivity index (χ0) is 12.9. The summed E-state index contributed by atoms with van der Waals surface area (Å²) in [6.45, 7) is 5.17. The monoisotopic (exact) mass is 257 g/mol. The highest BCUT2D eigenvalue weighted by Crippen LogP contribution is 2.13. The topological polar surface area (TPSA) is 55.4 Å². The molecule has 0 bridgehead atoms. The van der Waals surface area contributed by atoms with Crippen LogP contribution in [-0.4, -0.2) is 21.3 Å². The first-order valence-electron chi connectivity index (χ1n) is 5.53. The van der Waals surface area contributed by atoms with Crippen LogP contribution in [0.5, 0.6) is 5.75 Å². The fourth-order valence-electron chi connectivity index (χ4n) is 1.18. The Bertz CT molecular complexity index is 437. The molecule has 0 aliphatic rings. The molecule has 1 aromatic carbocycles. The van der Waals surface area contributed by atoms with Crippen molar-refractivity contribution in [1.82, 2.24) is 4.72 Å². The molecule has 0 aliphatic carbocycles. The normalized spacial score (nSPS) is 11.8. The van der Waals surface area contributed by atoms with Gasteiger partial charge in [0.2, 0.25) is 10.0 Å². The molecule has 5 heteroatoms. The van der Waals surface area contributed by atoms with Crippen LogP contribution in [-0.2, 0) is 16.6 Å². The van der Waals surface area contributed by atoms with Crippen LogP contribution >= 0.6 is 0 Å². The minimum absolute atomic E-state index is 0.309. The van der Waals surface area contributed by atoms with Crippen molar-refractivity contribution < 1.29 is 13.2 Å². The molecule has 1 rings (SSSR count). The third-order valence-corrected chi connectivity index (χ3v) is 2.71. The SMILES string of the molecule is CC(C)COc1ccc(CNS(C)(=O)=O)cc1. The first kappa shape index (κ1) is 14.0. The van der Waals surface area contributed by atoms with Crippen molar-refractivity contribution in [2.24, 2.45) is 5.92 Å². The van der Waals surface area contributed by atoms with Crippen molar-refractivity contribution in [3.8, 4) is 5.75 Å². The van der Waals surface area contributed by atoms with E-state index in [1.54, 1.807) is 0 Å². The highest BCUT2D eigenvalue weighted by molar-refractivity contribution is 7.88. The van der Waals surface area contributed by atoms with Crippen LogP contribution in [0.25, 0.3) is 0 Å². The van der Waals surface area contributed by atoms with Gasteiger partial charge in [0, 0.05) is 6.54 Å². The summed E-state index contributed by atoms with van der Waals surface area (Å²) in [6, 6.07) is 7.41. The highest BCUT2D eigenvalue weighted by atomic mass is 32.2. The van der Waals surface area contributed by atoms with E-state index in [-0.39, 0.29) is 0 Å². The summed E-state index contributed by atoms with van der Waals surface area (Å²) in [7, 11) is -3.14. The predicted octanol–water partition coefficient (Wildman–Crippen LogP) is 1.77. The standard InChI is InChI=1S/C12H19NO3S/c1-10(2)9-16-12-6-4-11(5-7-12)8-13-17(3,14)15/h4-7,10,13H,8-9H2,1-3H3. The largest absolute Gasteiger partial charge is 0.493 e. The molecule has 0 spiro atoms. The minimum atomic E-state index is -3.14. The van der Waals surface area contributed by atoms with Crippen LogP contribution in [0, 0.1) is 5.92 Å². The molecular weight excluding hydrogens is 238 g/mol. The zero-order valence-corrected chi connectivity index (χ0v) is 11.3. The molecule has 0 saturated carbocycles. The number of hydrogen-bond acceptors (Lipinski definition) is 3. The molecule has 0 radical (unpaired) electrons. The molecule has 0 heterocycles. The molecule has 0 fully saturated rings. The number of ether oxygens (including phenoxy) is 1. The smallest absolute Gasteiger partial charge is 0.209 e. The summed E-state index contributed by atoms with van der Waals surface area (Å²) in [5, 5.41) is 0. The maximum absolute atomic E-state index is 10.9. The van der Waals surface area contributed by atoms with Crippen molar-refractivity contribution in [1.29, 1.82) is 0 Å². The molecule has 4 nitrogen and oxygen atoms in total. The van der Waals surface area contributed by atoms with E-state index in [2.05, 4.69) is 18.6 Å². The third kappa shape index (κ3) is 6.28. The van der Waals surface area contributed by atoms with Crippen LogP contribution in [0.2, 0.25) is 0 Å². The second-order valence-corrected chi connectivity index (χ2v) is 6.28. The Hall–Kier alpha value is -1.07. The average Bonchev–Trinajstić information content (AvgIpc) is 2.24. The molecule has 0 aromatic heterocycles. The number of rotatable bonds is 6. The Morgan fingerprint density at radius 3 is 2.29 bits per heavy atom. The van der Waals surface area contributed by atoms with Crippen LogP contribution in [0.1, 0.15) is 19.4 Å². The van der Waals surface area contributed by atoms with E-state index >= 15 is 0 Å². The van der Waals surface area contributed by atoms with Gasteiger partial charge in [-0.05, 0) is 23.6 Å². The van der Waals surface area contributed by atoms with Crippen LogP contribution in [0.3, 0.4) is 0 Å². The summed E-state index contributed by atoms with van der Waals surface area (Å²) in [6.07, 6.45) is 1.15. The van der Waals surface area contributed by atoms with Crippen LogP contribution < -0.4 is 9.46 Å². The molecule has 0 saturated heterocycles. The number of hydrogen-bond donors (Lipinski definition) is 1. The molecule has 0 atom stereocenters. The molecule has 96 valence electrons. The Morgan fingerprint density at radius 1 is 1.24 bits per heavy atom. The van der Waals surface area contributed by atoms with E-state index in [1.807, 2.05) is 24.3 Å². The summed E-state index contributed by atoms with van der Waals surface area (Å²) in [5.74, 6) is 1.29. The summed E-state index contributed by atoms with van der Waals surface area (Å²) in [4.78, 5) is 0. The van der Waals surface area contributed by atoms with Gasteiger partial charge >= 0.3 is 0 Å². The van der Waals surface area contributed by atoms with E-state index in [9.17, 15) is 8.42 Å². The van der Waals surface area contributed by atoms with Gasteiger partial charge < -0.3 is 4.74 Å². The maximum atomic E-state index is 10.9. The molecule has 0 amide bonds. The lowest BCUT2D eigenvalue weighted by Crippen LogP contribution is -2.21. The van der Waals surface area contributed by atoms with Crippen molar-refractivity contribution in [3.05, 3.63) is 29.8 Å². The van der Waals surface area contributed by atoms with Gasteiger partial charge in [0.1, 0.15) is 5.75 Å². The van der Waals surface area contributed by atoms with E-state index in [4.69, 9.17) is 4.74 Å². The molecular formula is C12H19NO3S. The van der Waals surface area contributed by atoms with Gasteiger partial charge in [-0.2, -0.15) is 0 Å². The van der Waals surface area contributed by atoms with E-state index < -0.39 is 10.0 Å². The van der Waals surface area contributed by atoms with Crippen molar-refractivity contribution in [3.63, 3.8) is 0 Å². The Labute approximate surface area is 103 Å². The highest BCUT2D eigenvalue weighted by Gasteiger charge is 2.01. The minimum Gasteiger partial charge on any atom is -0.493 e. The van der Waals surface area contributed by atoms with Gasteiger partial charge in [-0.3, -0.25) is 0 Å². The number of benzene rings is 1. The predicted molar refractivity (Wildman–Crippen MR) is 68.5 cm³/mol. The molecule has 17 heavy (non-hydrogen) atoms. The summed E-state index contributed by atoms with van der Waals surface area (Å²) in [5.41, 5.74) is 0.910. The quantitative estimate of drug-likeness (QED) is 0.845. The number of sulfonamides is 1. The molecule has 0 aliphatic heterocycles. The van der Waals surface area contributed by atoms with Gasteiger partial charge in [-0.15, -0.1) is 0 Å². The fraction of sp³-hybridized carbons (Fsp3) is 0.500. The van der Waals surface area contributed by atoms with E-state index in [0.29, 0.717) is 19.1 Å². The van der Waals surface area contributed by atoms with E-state index in [1.165, 1.54) is 0 Å². The van der Waals surface area contributed by atoms with Crippen LogP contribution in [0.15, 0.2) is 24.3 Å². The van der Waals surface area contributed by atoms with E-state index in [0.717, 1.165) is 17.6 Å². The lowest BCUT2D eigenvalue weighted by Gasteiger charge is -2.09. The lowest BCUT2D eigenvalue weighted by molar-refractivity contribution is 0.271. The first-order valence-corrected chi connectivity index (χ1v) is 7.42. The summed E-state index contributed by atoms with van der Waals surface area (Å²) >= 11 is 0. The lowest BCUT2D eigenvalue weighted by atomic mass is 10.2. The molecule has 1 aromatic rings. The van der Waals surface area contributed by atoms with Gasteiger partial charge in [0.15, 0.2) is 0 Å². The van der Waals surface area contributed by atoms with Gasteiger partial charge in [-0.25, -0.2) is 13.1 Å². The van der Waals surface area contributed by atoms with Crippen molar-refractivity contribution in [2.75, 3.05) is 12.9 Å². The Morgan fingerprint density at radius 2 is 1.82 bits per heavy atom. The second kappa shape index (κ2) is 6.02. The Balaban J connectivity index is 2.50. The van der Waals surface area contributed by atoms with Crippen LogP contribution in [0.4, 0.5) is 0 Å². The summed E-state index contributed by atoms with van der Waals surface area (Å²) < 4.78 is 29.8. The fourth-order valence-corrected chi connectivity index (χ4v) is 1.61. The molecule has 1 N–H and O–H groups in total. The van der Waals surface area contributed by atoms with Crippen molar-refractivity contribution in [2.45, 2.75) is 20.4 Å².